The highest BCUT2D eigenvalue weighted by Gasteiger charge is 2.07. The van der Waals surface area contributed by atoms with E-state index in [4.69, 9.17) is 10.5 Å². The molecule has 0 fully saturated rings. The SMILES string of the molecule is NCc1c(Br)cccc1Oc1ccc2cccnc2c1. The largest absolute Gasteiger partial charge is 0.457 e. The molecule has 2 aromatic carbocycles. The summed E-state index contributed by atoms with van der Waals surface area (Å²) in [5.41, 5.74) is 7.64. The number of pyridine rings is 1. The Bertz CT molecular complexity index is 758. The molecule has 3 nitrogen and oxygen atoms in total. The van der Waals surface area contributed by atoms with Crippen molar-refractivity contribution in [3.8, 4) is 11.5 Å². The highest BCUT2D eigenvalue weighted by Crippen LogP contribution is 2.31. The van der Waals surface area contributed by atoms with Crippen LogP contribution >= 0.6 is 15.9 Å². The Morgan fingerprint density at radius 2 is 2.00 bits per heavy atom. The Kier molecular flexibility index (Phi) is 3.67. The Morgan fingerprint density at radius 1 is 1.10 bits per heavy atom. The Hall–Kier alpha value is -1.91. The summed E-state index contributed by atoms with van der Waals surface area (Å²) in [6.07, 6.45) is 1.77. The van der Waals surface area contributed by atoms with Crippen LogP contribution in [-0.4, -0.2) is 4.98 Å². The highest BCUT2D eigenvalue weighted by atomic mass is 79.9. The van der Waals surface area contributed by atoms with Crippen LogP contribution in [0.1, 0.15) is 5.56 Å². The van der Waals surface area contributed by atoms with E-state index in [0.29, 0.717) is 6.54 Å². The number of benzene rings is 2. The molecule has 0 saturated carbocycles. The van der Waals surface area contributed by atoms with Crippen LogP contribution in [0.2, 0.25) is 0 Å². The lowest BCUT2D eigenvalue weighted by molar-refractivity contribution is 0.476. The van der Waals surface area contributed by atoms with Crippen molar-refractivity contribution in [2.24, 2.45) is 5.73 Å². The first-order valence-corrected chi connectivity index (χ1v) is 7.07. The maximum absolute atomic E-state index is 5.94. The molecule has 20 heavy (non-hydrogen) atoms. The first-order chi connectivity index (χ1) is 9.78. The van der Waals surface area contributed by atoms with Gasteiger partial charge in [0.1, 0.15) is 11.5 Å². The van der Waals surface area contributed by atoms with Gasteiger partial charge < -0.3 is 10.5 Å². The van der Waals surface area contributed by atoms with Crippen molar-refractivity contribution in [1.82, 2.24) is 4.98 Å². The Labute approximate surface area is 125 Å². The van der Waals surface area contributed by atoms with Crippen molar-refractivity contribution in [3.05, 3.63) is 64.8 Å². The molecular weight excluding hydrogens is 316 g/mol. The average molecular weight is 329 g/mol. The highest BCUT2D eigenvalue weighted by molar-refractivity contribution is 9.10. The van der Waals surface area contributed by atoms with Gasteiger partial charge in [-0.1, -0.05) is 28.1 Å². The van der Waals surface area contributed by atoms with Crippen LogP contribution in [0.15, 0.2) is 59.2 Å². The third-order valence-corrected chi connectivity index (χ3v) is 3.83. The third kappa shape index (κ3) is 2.53. The minimum absolute atomic E-state index is 0.419. The van der Waals surface area contributed by atoms with Crippen molar-refractivity contribution in [2.45, 2.75) is 6.54 Å². The van der Waals surface area contributed by atoms with Crippen molar-refractivity contribution < 1.29 is 4.74 Å². The first-order valence-electron chi connectivity index (χ1n) is 6.28. The summed E-state index contributed by atoms with van der Waals surface area (Å²) in [6.45, 7) is 0.419. The molecule has 0 spiro atoms. The topological polar surface area (TPSA) is 48.1 Å². The summed E-state index contributed by atoms with van der Waals surface area (Å²) in [5.74, 6) is 1.51. The predicted octanol–water partition coefficient (Wildman–Crippen LogP) is 4.25. The standard InChI is InChI=1S/C16H13BrN2O/c17-14-4-1-5-16(13(14)10-18)20-12-7-6-11-3-2-8-19-15(11)9-12/h1-9H,10,18H2. The molecule has 0 aliphatic carbocycles. The quantitative estimate of drug-likeness (QED) is 0.781. The van der Waals surface area contributed by atoms with Gasteiger partial charge >= 0.3 is 0 Å². The molecule has 0 unspecified atom stereocenters. The molecule has 0 aliphatic heterocycles. The Balaban J connectivity index is 1.99. The summed E-state index contributed by atoms with van der Waals surface area (Å²) in [5, 5.41) is 1.09. The van der Waals surface area contributed by atoms with Gasteiger partial charge in [-0.15, -0.1) is 0 Å². The molecule has 0 aliphatic rings. The van der Waals surface area contributed by atoms with E-state index in [-0.39, 0.29) is 0 Å². The van der Waals surface area contributed by atoms with Crippen molar-refractivity contribution in [2.75, 3.05) is 0 Å². The van der Waals surface area contributed by atoms with Crippen LogP contribution in [0.4, 0.5) is 0 Å². The molecule has 0 saturated heterocycles. The monoisotopic (exact) mass is 328 g/mol. The molecule has 3 rings (SSSR count). The van der Waals surface area contributed by atoms with Gasteiger partial charge in [-0.25, -0.2) is 0 Å². The molecule has 0 bridgehead atoms. The third-order valence-electron chi connectivity index (χ3n) is 3.09. The van der Waals surface area contributed by atoms with Gasteiger partial charge in [0.2, 0.25) is 0 Å². The number of fused-ring (bicyclic) bond motifs is 1. The molecule has 0 radical (unpaired) electrons. The van der Waals surface area contributed by atoms with E-state index in [0.717, 1.165) is 32.4 Å². The molecule has 1 aromatic heterocycles. The van der Waals surface area contributed by atoms with Crippen LogP contribution in [0.5, 0.6) is 11.5 Å². The van der Waals surface area contributed by atoms with Crippen LogP contribution in [0.25, 0.3) is 10.9 Å². The smallest absolute Gasteiger partial charge is 0.133 e. The van der Waals surface area contributed by atoms with E-state index in [9.17, 15) is 0 Å². The molecule has 100 valence electrons. The van der Waals surface area contributed by atoms with E-state index < -0.39 is 0 Å². The van der Waals surface area contributed by atoms with Crippen molar-refractivity contribution in [3.63, 3.8) is 0 Å². The summed E-state index contributed by atoms with van der Waals surface area (Å²) in [4.78, 5) is 4.33. The lowest BCUT2D eigenvalue weighted by Crippen LogP contribution is -2.00. The fourth-order valence-corrected chi connectivity index (χ4v) is 2.58. The molecule has 3 aromatic rings. The zero-order valence-electron chi connectivity index (χ0n) is 10.7. The van der Waals surface area contributed by atoms with Gasteiger partial charge in [-0.3, -0.25) is 4.98 Å². The first kappa shape index (κ1) is 13.1. The van der Waals surface area contributed by atoms with Gasteiger partial charge in [-0.2, -0.15) is 0 Å². The van der Waals surface area contributed by atoms with Crippen molar-refractivity contribution >= 4 is 26.8 Å². The molecular formula is C16H13BrN2O. The fourth-order valence-electron chi connectivity index (χ4n) is 2.07. The number of nitrogens with two attached hydrogens (primary N) is 1. The minimum Gasteiger partial charge on any atom is -0.457 e. The molecule has 0 atom stereocenters. The summed E-state index contributed by atoms with van der Waals surface area (Å²) in [7, 11) is 0. The number of halogens is 1. The second kappa shape index (κ2) is 5.61. The van der Waals surface area contributed by atoms with Crippen LogP contribution < -0.4 is 10.5 Å². The molecule has 2 N–H and O–H groups in total. The number of nitrogens with zero attached hydrogens (tertiary/aromatic N) is 1. The number of hydrogen-bond acceptors (Lipinski definition) is 3. The van der Waals surface area contributed by atoms with Crippen LogP contribution in [0.3, 0.4) is 0 Å². The van der Waals surface area contributed by atoms with E-state index in [2.05, 4.69) is 20.9 Å². The molecule has 4 heteroatoms. The minimum atomic E-state index is 0.419. The van der Waals surface area contributed by atoms with Gasteiger partial charge in [0, 0.05) is 34.2 Å². The maximum Gasteiger partial charge on any atom is 0.133 e. The van der Waals surface area contributed by atoms with E-state index in [1.54, 1.807) is 6.20 Å². The average Bonchev–Trinajstić information content (AvgIpc) is 2.47. The second-order valence-electron chi connectivity index (χ2n) is 4.38. The van der Waals surface area contributed by atoms with Crippen LogP contribution in [-0.2, 0) is 6.54 Å². The lowest BCUT2D eigenvalue weighted by atomic mass is 10.2. The van der Waals surface area contributed by atoms with Crippen LogP contribution in [0, 0.1) is 0 Å². The predicted molar refractivity (Wildman–Crippen MR) is 83.9 cm³/mol. The zero-order valence-corrected chi connectivity index (χ0v) is 12.3. The molecule has 0 amide bonds. The normalized spacial score (nSPS) is 10.7. The Morgan fingerprint density at radius 3 is 2.85 bits per heavy atom. The lowest BCUT2D eigenvalue weighted by Gasteiger charge is -2.11. The van der Waals surface area contributed by atoms with E-state index >= 15 is 0 Å². The zero-order chi connectivity index (χ0) is 13.9. The summed E-state index contributed by atoms with van der Waals surface area (Å²) >= 11 is 3.49. The number of rotatable bonds is 3. The summed E-state index contributed by atoms with van der Waals surface area (Å²) in [6, 6.07) is 15.6. The van der Waals surface area contributed by atoms with Gasteiger partial charge in [-0.05, 0) is 30.3 Å². The molecule has 1 heterocycles. The number of hydrogen-bond donors (Lipinski definition) is 1. The summed E-state index contributed by atoms with van der Waals surface area (Å²) < 4.78 is 6.89. The van der Waals surface area contributed by atoms with Gasteiger partial charge in [0.25, 0.3) is 0 Å². The van der Waals surface area contributed by atoms with Crippen molar-refractivity contribution in [1.29, 1.82) is 0 Å². The van der Waals surface area contributed by atoms with Gasteiger partial charge in [0.05, 0.1) is 5.52 Å². The van der Waals surface area contributed by atoms with Gasteiger partial charge in [0.15, 0.2) is 0 Å². The fraction of sp³-hybridized carbons (Fsp3) is 0.0625. The second-order valence-corrected chi connectivity index (χ2v) is 5.23. The van der Waals surface area contributed by atoms with E-state index in [1.165, 1.54) is 0 Å². The van der Waals surface area contributed by atoms with E-state index in [1.807, 2.05) is 48.5 Å². The number of aromatic nitrogens is 1. The maximum atomic E-state index is 5.94. The number of ether oxygens (including phenoxy) is 1.